The van der Waals surface area contributed by atoms with Crippen LogP contribution in [0.5, 0.6) is 5.75 Å². The molecule has 1 unspecified atom stereocenters. The molecule has 0 fully saturated rings. The summed E-state index contributed by atoms with van der Waals surface area (Å²) in [6.45, 7) is 1.42. The lowest BCUT2D eigenvalue weighted by Crippen LogP contribution is -2.22. The van der Waals surface area contributed by atoms with Gasteiger partial charge >= 0.3 is 12.1 Å². The summed E-state index contributed by atoms with van der Waals surface area (Å²) in [4.78, 5) is 12.2. The van der Waals surface area contributed by atoms with Crippen LogP contribution in [-0.4, -0.2) is 17.2 Å². The van der Waals surface area contributed by atoms with Crippen LogP contribution in [0, 0.1) is 0 Å². The number of carbonyl (C=O) groups is 1. The zero-order valence-corrected chi connectivity index (χ0v) is 14.7. The van der Waals surface area contributed by atoms with Crippen molar-refractivity contribution in [3.05, 3.63) is 52.5 Å². The lowest BCUT2D eigenvalue weighted by atomic mass is 10.2. The molecular formula is C16H12BrF3O3S. The Labute approximate surface area is 149 Å². The van der Waals surface area contributed by atoms with Crippen LogP contribution in [0.15, 0.2) is 56.7 Å². The van der Waals surface area contributed by atoms with Gasteiger partial charge in [0.25, 0.3) is 0 Å². The Morgan fingerprint density at radius 2 is 1.83 bits per heavy atom. The molecule has 0 aliphatic rings. The molecule has 3 nitrogen and oxygen atoms in total. The number of carboxylic acid groups (broad SMARTS) is 1. The molecule has 24 heavy (non-hydrogen) atoms. The van der Waals surface area contributed by atoms with Gasteiger partial charge in [-0.1, -0.05) is 11.8 Å². The van der Waals surface area contributed by atoms with Gasteiger partial charge in [0.05, 0.1) is 5.56 Å². The van der Waals surface area contributed by atoms with Gasteiger partial charge < -0.3 is 9.84 Å². The molecule has 0 aliphatic heterocycles. The quantitative estimate of drug-likeness (QED) is 0.696. The first-order valence-corrected chi connectivity index (χ1v) is 8.32. The number of carboxylic acids is 1. The molecule has 8 heteroatoms. The molecule has 0 aromatic heterocycles. The van der Waals surface area contributed by atoms with Gasteiger partial charge in [-0.05, 0) is 65.3 Å². The molecule has 2 aromatic rings. The molecule has 0 aliphatic carbocycles. The van der Waals surface area contributed by atoms with Crippen molar-refractivity contribution in [3.8, 4) is 5.75 Å². The van der Waals surface area contributed by atoms with Crippen LogP contribution in [0.2, 0.25) is 0 Å². The first-order valence-electron chi connectivity index (χ1n) is 6.71. The fourth-order valence-corrected chi connectivity index (χ4v) is 3.17. The van der Waals surface area contributed by atoms with Crippen LogP contribution >= 0.6 is 27.7 Å². The monoisotopic (exact) mass is 420 g/mol. The summed E-state index contributed by atoms with van der Waals surface area (Å²) in [6, 6.07) is 10.1. The van der Waals surface area contributed by atoms with Crippen molar-refractivity contribution in [1.29, 1.82) is 0 Å². The smallest absolute Gasteiger partial charge is 0.416 e. The lowest BCUT2D eigenvalue weighted by Gasteiger charge is -2.12. The molecule has 0 saturated heterocycles. The highest BCUT2D eigenvalue weighted by molar-refractivity contribution is 9.10. The normalized spacial score (nSPS) is 12.7. The first kappa shape index (κ1) is 18.7. The fourth-order valence-electron chi connectivity index (χ4n) is 1.73. The summed E-state index contributed by atoms with van der Waals surface area (Å²) < 4.78 is 43.5. The number of benzene rings is 2. The van der Waals surface area contributed by atoms with E-state index in [1.165, 1.54) is 24.8 Å². The largest absolute Gasteiger partial charge is 0.479 e. The minimum atomic E-state index is -4.38. The van der Waals surface area contributed by atoms with E-state index in [-0.39, 0.29) is 0 Å². The maximum atomic E-state index is 12.6. The summed E-state index contributed by atoms with van der Waals surface area (Å²) >= 11 is 4.43. The predicted molar refractivity (Wildman–Crippen MR) is 87.4 cm³/mol. The zero-order chi connectivity index (χ0) is 17.9. The molecule has 1 N–H and O–H groups in total. The maximum absolute atomic E-state index is 12.6. The molecule has 2 rings (SSSR count). The standard InChI is InChI=1S/C16H12BrF3O3S/c1-9(15(21)22)23-11-3-5-12(6-4-11)24-14-7-2-10(8-13(14)17)16(18,19)20/h2-9H,1H3,(H,21,22). The topological polar surface area (TPSA) is 46.5 Å². The van der Waals surface area contributed by atoms with Crippen LogP contribution in [-0.2, 0) is 11.0 Å². The third-order valence-electron chi connectivity index (χ3n) is 2.97. The summed E-state index contributed by atoms with van der Waals surface area (Å²) in [5, 5.41) is 8.79. The Bertz CT molecular complexity index is 732. The Morgan fingerprint density at radius 3 is 2.33 bits per heavy atom. The number of alkyl halides is 3. The average Bonchev–Trinajstić information content (AvgIpc) is 2.50. The molecule has 2 aromatic carbocycles. The van der Waals surface area contributed by atoms with Crippen LogP contribution < -0.4 is 4.74 Å². The second-order valence-corrected chi connectivity index (χ2v) is 6.78. The van der Waals surface area contributed by atoms with Crippen LogP contribution in [0.1, 0.15) is 12.5 Å². The van der Waals surface area contributed by atoms with Gasteiger partial charge in [0, 0.05) is 14.3 Å². The second kappa shape index (κ2) is 7.48. The highest BCUT2D eigenvalue weighted by Gasteiger charge is 2.30. The van der Waals surface area contributed by atoms with E-state index >= 15 is 0 Å². The molecule has 0 spiro atoms. The average molecular weight is 421 g/mol. The Balaban J connectivity index is 2.10. The highest BCUT2D eigenvalue weighted by atomic mass is 79.9. The minimum Gasteiger partial charge on any atom is -0.479 e. The van der Waals surface area contributed by atoms with E-state index in [0.29, 0.717) is 15.1 Å². The number of ether oxygens (including phenoxy) is 1. The van der Waals surface area contributed by atoms with Crippen LogP contribution in [0.3, 0.4) is 0 Å². The number of aliphatic carboxylic acids is 1. The highest BCUT2D eigenvalue weighted by Crippen LogP contribution is 2.38. The SMILES string of the molecule is CC(Oc1ccc(Sc2ccc(C(F)(F)F)cc2Br)cc1)C(=O)O. The third kappa shape index (κ3) is 4.91. The van der Waals surface area contributed by atoms with Crippen molar-refractivity contribution in [3.63, 3.8) is 0 Å². The van der Waals surface area contributed by atoms with E-state index in [1.807, 2.05) is 0 Å². The first-order chi connectivity index (χ1) is 11.2. The number of hydrogen-bond donors (Lipinski definition) is 1. The van der Waals surface area contributed by atoms with Crippen molar-refractivity contribution in [2.45, 2.75) is 29.0 Å². The van der Waals surface area contributed by atoms with E-state index in [9.17, 15) is 18.0 Å². The molecule has 0 radical (unpaired) electrons. The predicted octanol–water partition coefficient (Wildman–Crippen LogP) is 5.47. The van der Waals surface area contributed by atoms with E-state index in [2.05, 4.69) is 15.9 Å². The van der Waals surface area contributed by atoms with Gasteiger partial charge in [0.1, 0.15) is 5.75 Å². The minimum absolute atomic E-state index is 0.349. The van der Waals surface area contributed by atoms with Crippen molar-refractivity contribution in [1.82, 2.24) is 0 Å². The van der Waals surface area contributed by atoms with E-state index in [1.54, 1.807) is 24.3 Å². The molecule has 0 saturated carbocycles. The Morgan fingerprint density at radius 1 is 1.21 bits per heavy atom. The zero-order valence-electron chi connectivity index (χ0n) is 12.3. The van der Waals surface area contributed by atoms with Gasteiger partial charge in [-0.2, -0.15) is 13.2 Å². The van der Waals surface area contributed by atoms with Crippen LogP contribution in [0.25, 0.3) is 0 Å². The van der Waals surface area contributed by atoms with Crippen molar-refractivity contribution in [2.24, 2.45) is 0 Å². The van der Waals surface area contributed by atoms with Gasteiger partial charge in [-0.25, -0.2) is 4.79 Å². The summed E-state index contributed by atoms with van der Waals surface area (Å²) in [5.74, 6) is -0.664. The van der Waals surface area contributed by atoms with Crippen molar-refractivity contribution in [2.75, 3.05) is 0 Å². The Hall–Kier alpha value is -1.67. The number of halogens is 4. The van der Waals surface area contributed by atoms with Gasteiger partial charge in [-0.15, -0.1) is 0 Å². The summed E-state index contributed by atoms with van der Waals surface area (Å²) in [5.41, 5.74) is -0.717. The third-order valence-corrected chi connectivity index (χ3v) is 4.97. The van der Waals surface area contributed by atoms with Gasteiger partial charge in [-0.3, -0.25) is 0 Å². The van der Waals surface area contributed by atoms with E-state index < -0.39 is 23.8 Å². The fraction of sp³-hybridized carbons (Fsp3) is 0.188. The molecule has 1 atom stereocenters. The van der Waals surface area contributed by atoms with Crippen molar-refractivity contribution < 1.29 is 27.8 Å². The van der Waals surface area contributed by atoms with E-state index in [0.717, 1.165) is 17.0 Å². The number of hydrogen-bond acceptors (Lipinski definition) is 3. The number of rotatable bonds is 5. The molecular weight excluding hydrogens is 409 g/mol. The summed E-state index contributed by atoms with van der Waals surface area (Å²) in [7, 11) is 0. The van der Waals surface area contributed by atoms with E-state index in [4.69, 9.17) is 9.84 Å². The summed E-state index contributed by atoms with van der Waals surface area (Å²) in [6.07, 6.45) is -5.35. The van der Waals surface area contributed by atoms with Gasteiger partial charge in [0.15, 0.2) is 6.10 Å². The molecule has 0 amide bonds. The maximum Gasteiger partial charge on any atom is 0.416 e. The van der Waals surface area contributed by atoms with Crippen molar-refractivity contribution >= 4 is 33.7 Å². The molecule has 0 bridgehead atoms. The van der Waals surface area contributed by atoms with Gasteiger partial charge in [0.2, 0.25) is 0 Å². The second-order valence-electron chi connectivity index (χ2n) is 4.81. The Kier molecular flexibility index (Phi) is 5.82. The molecule has 0 heterocycles. The van der Waals surface area contributed by atoms with Crippen LogP contribution in [0.4, 0.5) is 13.2 Å². The molecule has 128 valence electrons. The lowest BCUT2D eigenvalue weighted by molar-refractivity contribution is -0.144.